The van der Waals surface area contributed by atoms with Crippen molar-refractivity contribution in [2.75, 3.05) is 13.1 Å². The number of aromatic nitrogens is 1. The van der Waals surface area contributed by atoms with E-state index in [2.05, 4.69) is 22.5 Å². The van der Waals surface area contributed by atoms with Gasteiger partial charge in [0.2, 0.25) is 0 Å². The lowest BCUT2D eigenvalue weighted by Crippen LogP contribution is -2.48. The van der Waals surface area contributed by atoms with Crippen LogP contribution in [0.3, 0.4) is 0 Å². The molecular formula is C17H22ClN3O. The van der Waals surface area contributed by atoms with Crippen LogP contribution in [0, 0.1) is 5.92 Å². The first-order valence-electron chi connectivity index (χ1n) is 7.50. The average Bonchev–Trinajstić information content (AvgIpc) is 3.00. The Morgan fingerprint density at radius 3 is 2.68 bits per heavy atom. The fourth-order valence-electron chi connectivity index (χ4n) is 2.79. The number of rotatable bonds is 3. The summed E-state index contributed by atoms with van der Waals surface area (Å²) in [4.78, 5) is 15.5. The molecule has 1 aromatic carbocycles. The van der Waals surface area contributed by atoms with Crippen molar-refractivity contribution in [2.45, 2.75) is 19.4 Å². The third-order valence-electron chi connectivity index (χ3n) is 4.12. The molecule has 1 aliphatic rings. The van der Waals surface area contributed by atoms with Crippen LogP contribution >= 0.6 is 12.4 Å². The van der Waals surface area contributed by atoms with Crippen molar-refractivity contribution in [2.24, 2.45) is 5.92 Å². The van der Waals surface area contributed by atoms with Gasteiger partial charge in [-0.05, 0) is 43.1 Å². The molecule has 1 aromatic heterocycles. The van der Waals surface area contributed by atoms with Gasteiger partial charge in [0.25, 0.3) is 5.91 Å². The first-order valence-corrected chi connectivity index (χ1v) is 7.50. The molecule has 0 bridgehead atoms. The largest absolute Gasteiger partial charge is 0.351 e. The van der Waals surface area contributed by atoms with Crippen LogP contribution in [0.25, 0.3) is 11.3 Å². The number of carbonyl (C=O) groups excluding carboxylic acids is 1. The maximum absolute atomic E-state index is 12.3. The zero-order chi connectivity index (χ0) is 14.7. The molecule has 0 aliphatic carbocycles. The molecule has 2 heterocycles. The number of benzene rings is 1. The number of halogens is 1. The number of carbonyl (C=O) groups is 1. The van der Waals surface area contributed by atoms with Crippen LogP contribution in [0.5, 0.6) is 0 Å². The molecule has 1 amide bonds. The summed E-state index contributed by atoms with van der Waals surface area (Å²) in [6, 6.07) is 14.1. The van der Waals surface area contributed by atoms with Crippen LogP contribution in [0.2, 0.25) is 0 Å². The molecule has 2 unspecified atom stereocenters. The van der Waals surface area contributed by atoms with Crippen LogP contribution in [0.15, 0.2) is 42.5 Å². The number of piperidine rings is 1. The Bertz CT molecular complexity index is 611. The lowest BCUT2D eigenvalue weighted by Gasteiger charge is -2.30. The van der Waals surface area contributed by atoms with E-state index in [0.29, 0.717) is 11.6 Å². The van der Waals surface area contributed by atoms with Crippen molar-refractivity contribution >= 4 is 18.3 Å². The van der Waals surface area contributed by atoms with Crippen molar-refractivity contribution in [1.82, 2.24) is 15.6 Å². The molecule has 4 nitrogen and oxygen atoms in total. The minimum Gasteiger partial charge on any atom is -0.351 e. The molecule has 1 aliphatic heterocycles. The summed E-state index contributed by atoms with van der Waals surface area (Å²) in [6.45, 7) is 4.10. The summed E-state index contributed by atoms with van der Waals surface area (Å²) in [6.07, 6.45) is 0.985. The molecule has 1 fully saturated rings. The van der Waals surface area contributed by atoms with E-state index < -0.39 is 0 Å². The second kappa shape index (κ2) is 7.47. The third-order valence-corrected chi connectivity index (χ3v) is 4.12. The summed E-state index contributed by atoms with van der Waals surface area (Å²) in [7, 11) is 0. The highest BCUT2D eigenvalue weighted by Crippen LogP contribution is 2.18. The lowest BCUT2D eigenvalue weighted by atomic mass is 9.95. The van der Waals surface area contributed by atoms with Crippen LogP contribution in [0.4, 0.5) is 0 Å². The zero-order valence-corrected chi connectivity index (χ0v) is 13.5. The molecule has 0 spiro atoms. The predicted molar refractivity (Wildman–Crippen MR) is 91.4 cm³/mol. The molecule has 22 heavy (non-hydrogen) atoms. The molecule has 1 saturated heterocycles. The van der Waals surface area contributed by atoms with Crippen molar-refractivity contribution in [1.29, 1.82) is 0 Å². The monoisotopic (exact) mass is 319 g/mol. The van der Waals surface area contributed by atoms with Gasteiger partial charge in [0.05, 0.1) is 0 Å². The average molecular weight is 320 g/mol. The Morgan fingerprint density at radius 1 is 1.18 bits per heavy atom. The zero-order valence-electron chi connectivity index (χ0n) is 12.6. The first-order chi connectivity index (χ1) is 10.2. The fraction of sp³-hybridized carbons (Fsp3) is 0.353. The quantitative estimate of drug-likeness (QED) is 0.815. The Morgan fingerprint density at radius 2 is 1.95 bits per heavy atom. The van der Waals surface area contributed by atoms with Gasteiger partial charge in [-0.2, -0.15) is 0 Å². The minimum absolute atomic E-state index is 0. The minimum atomic E-state index is -0.0177. The van der Waals surface area contributed by atoms with Gasteiger partial charge >= 0.3 is 0 Å². The van der Waals surface area contributed by atoms with Gasteiger partial charge in [-0.3, -0.25) is 4.79 Å². The van der Waals surface area contributed by atoms with Gasteiger partial charge in [-0.25, -0.2) is 0 Å². The fourth-order valence-corrected chi connectivity index (χ4v) is 2.79. The van der Waals surface area contributed by atoms with E-state index in [0.717, 1.165) is 30.8 Å². The maximum Gasteiger partial charge on any atom is 0.267 e. The molecule has 0 saturated carbocycles. The van der Waals surface area contributed by atoms with Crippen molar-refractivity contribution in [3.05, 3.63) is 48.2 Å². The molecule has 2 atom stereocenters. The standard InChI is InChI=1S/C17H21N3O.ClH/c1-12-11-18-10-9-14(12)20-17(21)16-8-7-15(19-16)13-5-3-2-4-6-13;/h2-8,12,14,18-19H,9-11H2,1H3,(H,20,21);1H. The summed E-state index contributed by atoms with van der Waals surface area (Å²) in [5, 5.41) is 6.48. The number of hydrogen-bond donors (Lipinski definition) is 3. The molecule has 118 valence electrons. The van der Waals surface area contributed by atoms with E-state index in [9.17, 15) is 4.79 Å². The summed E-state index contributed by atoms with van der Waals surface area (Å²) < 4.78 is 0. The summed E-state index contributed by atoms with van der Waals surface area (Å²) in [5.74, 6) is 0.446. The highest BCUT2D eigenvalue weighted by Gasteiger charge is 2.23. The molecule has 5 heteroatoms. The van der Waals surface area contributed by atoms with Crippen LogP contribution < -0.4 is 10.6 Å². The summed E-state index contributed by atoms with van der Waals surface area (Å²) in [5.41, 5.74) is 2.69. The van der Waals surface area contributed by atoms with Crippen LogP contribution in [-0.4, -0.2) is 30.0 Å². The second-order valence-electron chi connectivity index (χ2n) is 5.70. The van der Waals surface area contributed by atoms with Crippen LogP contribution in [0.1, 0.15) is 23.8 Å². The van der Waals surface area contributed by atoms with Gasteiger partial charge in [0, 0.05) is 11.7 Å². The van der Waals surface area contributed by atoms with Gasteiger partial charge in [0.15, 0.2) is 0 Å². The van der Waals surface area contributed by atoms with E-state index in [1.54, 1.807) is 0 Å². The van der Waals surface area contributed by atoms with E-state index in [-0.39, 0.29) is 24.4 Å². The highest BCUT2D eigenvalue weighted by atomic mass is 35.5. The molecule has 0 radical (unpaired) electrons. The van der Waals surface area contributed by atoms with Gasteiger partial charge in [-0.15, -0.1) is 12.4 Å². The summed E-state index contributed by atoms with van der Waals surface area (Å²) >= 11 is 0. The van der Waals surface area contributed by atoms with E-state index in [1.165, 1.54) is 0 Å². The Balaban J connectivity index is 0.00000176. The smallest absolute Gasteiger partial charge is 0.267 e. The predicted octanol–water partition coefficient (Wildman–Crippen LogP) is 2.83. The van der Waals surface area contributed by atoms with Crippen LogP contribution in [-0.2, 0) is 0 Å². The maximum atomic E-state index is 12.3. The van der Waals surface area contributed by atoms with Gasteiger partial charge < -0.3 is 15.6 Å². The lowest BCUT2D eigenvalue weighted by molar-refractivity contribution is 0.0910. The van der Waals surface area contributed by atoms with Crippen molar-refractivity contribution in [3.63, 3.8) is 0 Å². The Labute approximate surface area is 137 Å². The first kappa shape index (κ1) is 16.6. The molecule has 2 aromatic rings. The van der Waals surface area contributed by atoms with Crippen molar-refractivity contribution < 1.29 is 4.79 Å². The third kappa shape index (κ3) is 3.70. The normalized spacial score (nSPS) is 21.0. The van der Waals surface area contributed by atoms with E-state index in [1.807, 2.05) is 42.5 Å². The highest BCUT2D eigenvalue weighted by molar-refractivity contribution is 5.93. The Kier molecular flexibility index (Phi) is 5.63. The van der Waals surface area contributed by atoms with Crippen molar-refractivity contribution in [3.8, 4) is 11.3 Å². The molecule has 3 N–H and O–H groups in total. The van der Waals surface area contributed by atoms with E-state index >= 15 is 0 Å². The SMILES string of the molecule is CC1CNCCC1NC(=O)c1ccc(-c2ccccc2)[nH]1.Cl. The number of nitrogens with one attached hydrogen (secondary N) is 3. The van der Waals surface area contributed by atoms with Gasteiger partial charge in [0.1, 0.15) is 5.69 Å². The molecular weight excluding hydrogens is 298 g/mol. The van der Waals surface area contributed by atoms with Gasteiger partial charge in [-0.1, -0.05) is 37.3 Å². The molecule has 3 rings (SSSR count). The second-order valence-corrected chi connectivity index (χ2v) is 5.70. The number of H-pyrrole nitrogens is 1. The number of hydrogen-bond acceptors (Lipinski definition) is 2. The topological polar surface area (TPSA) is 56.9 Å². The number of amides is 1. The number of aromatic amines is 1. The van der Waals surface area contributed by atoms with E-state index in [4.69, 9.17) is 0 Å². The Hall–Kier alpha value is -1.78.